The number of rotatable bonds is 8. The van der Waals surface area contributed by atoms with Crippen molar-refractivity contribution in [3.63, 3.8) is 0 Å². The normalized spacial score (nSPS) is 13.0. The minimum atomic E-state index is -1.14. The Morgan fingerprint density at radius 1 is 1.22 bits per heavy atom. The van der Waals surface area contributed by atoms with E-state index in [0.717, 1.165) is 18.3 Å². The number of carbonyl (C=O) groups excluding carboxylic acids is 1. The molecule has 0 fully saturated rings. The molecule has 2 N–H and O–H groups in total. The molecule has 0 saturated heterocycles. The van der Waals surface area contributed by atoms with Crippen LogP contribution in [0.3, 0.4) is 0 Å². The summed E-state index contributed by atoms with van der Waals surface area (Å²) in [5, 5.41) is 2.41. The summed E-state index contributed by atoms with van der Waals surface area (Å²) in [5.41, 5.74) is -0.761. The molecule has 2 atom stereocenters. The minimum absolute atomic E-state index is 0.0525. The number of unbranched alkanes of at least 4 members (excludes halogenated alkanes) is 1. The molecule has 5 nitrogen and oxygen atoms in total. The van der Waals surface area contributed by atoms with Crippen LogP contribution >= 0.6 is 0 Å². The highest BCUT2D eigenvalue weighted by molar-refractivity contribution is 5.86. The molecule has 2 aromatic heterocycles. The second kappa shape index (κ2) is 9.76. The molecule has 0 saturated carbocycles. The molecule has 0 bridgehead atoms. The zero-order chi connectivity index (χ0) is 23.4. The minimum Gasteiger partial charge on any atom is -0.347 e. The maximum Gasteiger partial charge on any atom is 0.252 e. The zero-order valence-corrected chi connectivity index (χ0v) is 17.2. The van der Waals surface area contributed by atoms with E-state index in [1.165, 1.54) is 13.0 Å². The van der Waals surface area contributed by atoms with Crippen LogP contribution in [0.25, 0.3) is 10.9 Å². The van der Waals surface area contributed by atoms with Gasteiger partial charge in [-0.3, -0.25) is 14.6 Å². The fourth-order valence-electron chi connectivity index (χ4n) is 3.51. The summed E-state index contributed by atoms with van der Waals surface area (Å²) in [5.74, 6) is -5.68. The van der Waals surface area contributed by atoms with Gasteiger partial charge in [-0.15, -0.1) is 6.58 Å². The standard InChI is InChI=1S/C23H21F4N3O2/c1-3-4-5-6-14(22(31)29-12(2)21-18(26)9-13(24)11-28-21)15-10-16-19(30-23(15)32)8-7-17(25)20(16)27/h3,7-12,14H,1,4-6H2,2H3,(H,29,31)(H,30,32). The third-order valence-electron chi connectivity index (χ3n) is 5.14. The van der Waals surface area contributed by atoms with Crippen LogP contribution < -0.4 is 10.9 Å². The number of nitrogens with zero attached hydrogens (tertiary/aromatic N) is 1. The number of aromatic nitrogens is 2. The first-order chi connectivity index (χ1) is 15.2. The van der Waals surface area contributed by atoms with Gasteiger partial charge in [-0.05, 0) is 44.4 Å². The Kier molecular flexibility index (Phi) is 7.07. The summed E-state index contributed by atoms with van der Waals surface area (Å²) < 4.78 is 55.2. The second-order valence-electron chi connectivity index (χ2n) is 7.40. The van der Waals surface area contributed by atoms with Crippen molar-refractivity contribution in [3.8, 4) is 0 Å². The van der Waals surface area contributed by atoms with Gasteiger partial charge in [0.1, 0.15) is 11.6 Å². The van der Waals surface area contributed by atoms with E-state index < -0.39 is 46.7 Å². The van der Waals surface area contributed by atoms with Gasteiger partial charge in [0, 0.05) is 17.0 Å². The highest BCUT2D eigenvalue weighted by Crippen LogP contribution is 2.26. The lowest BCUT2D eigenvalue weighted by Gasteiger charge is -2.20. The summed E-state index contributed by atoms with van der Waals surface area (Å²) in [4.78, 5) is 31.9. The van der Waals surface area contributed by atoms with Gasteiger partial charge in [0.2, 0.25) is 5.91 Å². The van der Waals surface area contributed by atoms with E-state index in [2.05, 4.69) is 21.9 Å². The Morgan fingerprint density at radius 2 is 1.97 bits per heavy atom. The van der Waals surface area contributed by atoms with Crippen molar-refractivity contribution in [1.29, 1.82) is 0 Å². The molecular formula is C23H21F4N3O2. The second-order valence-corrected chi connectivity index (χ2v) is 7.40. The van der Waals surface area contributed by atoms with Crippen molar-refractivity contribution in [2.24, 2.45) is 0 Å². The number of carbonyl (C=O) groups is 1. The van der Waals surface area contributed by atoms with E-state index in [9.17, 15) is 27.2 Å². The van der Waals surface area contributed by atoms with Gasteiger partial charge >= 0.3 is 0 Å². The Labute approximate surface area is 181 Å². The number of H-pyrrole nitrogens is 1. The van der Waals surface area contributed by atoms with Gasteiger partial charge < -0.3 is 10.3 Å². The molecule has 1 aromatic carbocycles. The predicted molar refractivity (Wildman–Crippen MR) is 112 cm³/mol. The van der Waals surface area contributed by atoms with Crippen molar-refractivity contribution < 1.29 is 22.4 Å². The summed E-state index contributed by atoms with van der Waals surface area (Å²) in [6.45, 7) is 5.08. The SMILES string of the molecule is C=CCCCC(C(=O)NC(C)c1ncc(F)cc1F)c1cc2c(F)c(F)ccc2[nH]c1=O. The van der Waals surface area contributed by atoms with E-state index in [-0.39, 0.29) is 28.6 Å². The number of fused-ring (bicyclic) bond motifs is 1. The van der Waals surface area contributed by atoms with Gasteiger partial charge in [-0.2, -0.15) is 0 Å². The van der Waals surface area contributed by atoms with Crippen LogP contribution in [0.1, 0.15) is 49.4 Å². The molecule has 0 aliphatic heterocycles. The summed E-state index contributed by atoms with van der Waals surface area (Å²) >= 11 is 0. The number of benzene rings is 1. The number of allylic oxidation sites excluding steroid dienone is 1. The number of nitrogens with one attached hydrogen (secondary N) is 2. The van der Waals surface area contributed by atoms with Crippen molar-refractivity contribution in [2.75, 3.05) is 0 Å². The molecule has 0 aliphatic rings. The van der Waals surface area contributed by atoms with Crippen LogP contribution in [0, 0.1) is 23.3 Å². The molecule has 32 heavy (non-hydrogen) atoms. The van der Waals surface area contributed by atoms with E-state index in [1.54, 1.807) is 6.08 Å². The monoisotopic (exact) mass is 447 g/mol. The Balaban J connectivity index is 1.98. The van der Waals surface area contributed by atoms with Crippen LogP contribution in [0.15, 0.2) is 47.9 Å². The van der Waals surface area contributed by atoms with Crippen LogP contribution in [-0.4, -0.2) is 15.9 Å². The van der Waals surface area contributed by atoms with Crippen molar-refractivity contribution >= 4 is 16.8 Å². The molecule has 9 heteroatoms. The highest BCUT2D eigenvalue weighted by Gasteiger charge is 2.27. The zero-order valence-electron chi connectivity index (χ0n) is 17.2. The summed E-state index contributed by atoms with van der Waals surface area (Å²) in [6, 6.07) is 3.01. The molecular weight excluding hydrogens is 426 g/mol. The first-order valence-electron chi connectivity index (χ1n) is 9.96. The topological polar surface area (TPSA) is 74.8 Å². The molecule has 0 spiro atoms. The first-order valence-corrected chi connectivity index (χ1v) is 9.96. The quantitative estimate of drug-likeness (QED) is 0.296. The lowest BCUT2D eigenvalue weighted by molar-refractivity contribution is -0.123. The smallest absolute Gasteiger partial charge is 0.252 e. The third-order valence-corrected chi connectivity index (χ3v) is 5.14. The summed E-state index contributed by atoms with van der Waals surface area (Å²) in [6.07, 6.45) is 3.72. The van der Waals surface area contributed by atoms with Crippen LogP contribution in [0.2, 0.25) is 0 Å². The van der Waals surface area contributed by atoms with Crippen LogP contribution in [0.5, 0.6) is 0 Å². The lowest BCUT2D eigenvalue weighted by atomic mass is 9.92. The molecule has 168 valence electrons. The van der Waals surface area contributed by atoms with Crippen molar-refractivity contribution in [2.45, 2.75) is 38.1 Å². The number of amides is 1. The van der Waals surface area contributed by atoms with Crippen molar-refractivity contribution in [1.82, 2.24) is 15.3 Å². The average Bonchev–Trinajstić information content (AvgIpc) is 2.74. The van der Waals surface area contributed by atoms with Crippen molar-refractivity contribution in [3.05, 3.63) is 88.0 Å². The summed E-state index contributed by atoms with van der Waals surface area (Å²) in [7, 11) is 0. The van der Waals surface area contributed by atoms with E-state index in [4.69, 9.17) is 0 Å². The fourth-order valence-corrected chi connectivity index (χ4v) is 3.51. The Hall–Kier alpha value is -3.49. The van der Waals surface area contributed by atoms with Gasteiger partial charge in [0.25, 0.3) is 5.56 Å². The maximum atomic E-state index is 14.3. The van der Waals surface area contributed by atoms with Gasteiger partial charge in [-0.25, -0.2) is 17.6 Å². The van der Waals surface area contributed by atoms with E-state index >= 15 is 0 Å². The first kappa shape index (κ1) is 23.2. The van der Waals surface area contributed by atoms with E-state index in [0.29, 0.717) is 18.9 Å². The number of hydrogen-bond acceptors (Lipinski definition) is 3. The third kappa shape index (κ3) is 4.87. The number of pyridine rings is 2. The van der Waals surface area contributed by atoms with Crippen LogP contribution in [0.4, 0.5) is 17.6 Å². The highest BCUT2D eigenvalue weighted by atomic mass is 19.2. The number of hydrogen-bond donors (Lipinski definition) is 2. The van der Waals surface area contributed by atoms with Gasteiger partial charge in [0.15, 0.2) is 11.6 Å². The molecule has 2 unspecified atom stereocenters. The lowest BCUT2D eigenvalue weighted by Crippen LogP contribution is -2.35. The molecule has 0 radical (unpaired) electrons. The molecule has 3 aromatic rings. The Bertz CT molecular complexity index is 1230. The van der Waals surface area contributed by atoms with E-state index in [1.807, 2.05) is 0 Å². The Morgan fingerprint density at radius 3 is 2.66 bits per heavy atom. The molecule has 2 heterocycles. The largest absolute Gasteiger partial charge is 0.347 e. The molecule has 1 amide bonds. The number of aromatic amines is 1. The predicted octanol–water partition coefficient (Wildman–Crippen LogP) is 4.80. The van der Waals surface area contributed by atoms with Crippen LogP contribution in [-0.2, 0) is 4.79 Å². The molecule has 3 rings (SSSR count). The van der Waals surface area contributed by atoms with Gasteiger partial charge in [0.05, 0.1) is 29.4 Å². The maximum absolute atomic E-state index is 14.3. The molecule has 0 aliphatic carbocycles. The number of halogens is 4. The fraction of sp³-hybridized carbons (Fsp3) is 0.261. The average molecular weight is 447 g/mol. The van der Waals surface area contributed by atoms with Gasteiger partial charge in [-0.1, -0.05) is 6.08 Å².